The minimum absolute atomic E-state index is 0.0985. The van der Waals surface area contributed by atoms with Crippen LogP contribution < -0.4 is 5.32 Å². The van der Waals surface area contributed by atoms with Gasteiger partial charge in [-0.15, -0.1) is 10.2 Å². The number of aromatic nitrogens is 5. The molecule has 36 heavy (non-hydrogen) atoms. The highest BCUT2D eigenvalue weighted by atomic mass is 16.4. The van der Waals surface area contributed by atoms with Crippen molar-refractivity contribution in [2.75, 3.05) is 5.32 Å². The van der Waals surface area contributed by atoms with Crippen LogP contribution in [0.25, 0.3) is 22.5 Å². The van der Waals surface area contributed by atoms with Crippen LogP contribution in [0.3, 0.4) is 0 Å². The van der Waals surface area contributed by atoms with Crippen LogP contribution in [0.2, 0.25) is 0 Å². The van der Waals surface area contributed by atoms with Gasteiger partial charge in [-0.05, 0) is 101 Å². The number of anilines is 1. The first-order valence-electron chi connectivity index (χ1n) is 12.3. The summed E-state index contributed by atoms with van der Waals surface area (Å²) in [5.74, 6) is 0.579. The van der Waals surface area contributed by atoms with E-state index in [0.717, 1.165) is 29.8 Å². The van der Waals surface area contributed by atoms with Gasteiger partial charge in [0.25, 0.3) is 0 Å². The van der Waals surface area contributed by atoms with Gasteiger partial charge in [0.15, 0.2) is 0 Å². The number of pyridine rings is 1. The monoisotopic (exact) mass is 480 g/mol. The average Bonchev–Trinajstić information content (AvgIpc) is 3.39. The molecule has 0 radical (unpaired) electrons. The number of carboxylic acids is 1. The number of fused-ring (bicyclic) bond motifs is 1. The average molecular weight is 481 g/mol. The Morgan fingerprint density at radius 2 is 1.94 bits per heavy atom. The third-order valence-corrected chi connectivity index (χ3v) is 7.48. The predicted molar refractivity (Wildman–Crippen MR) is 137 cm³/mol. The molecule has 4 aromatic rings. The van der Waals surface area contributed by atoms with Crippen molar-refractivity contribution in [2.45, 2.75) is 45.1 Å². The minimum Gasteiger partial charge on any atom is -0.481 e. The van der Waals surface area contributed by atoms with E-state index in [4.69, 9.17) is 0 Å². The lowest BCUT2D eigenvalue weighted by molar-refractivity contribution is -0.138. The molecular weight excluding hydrogens is 452 g/mol. The van der Waals surface area contributed by atoms with E-state index in [0.29, 0.717) is 12.2 Å². The van der Waals surface area contributed by atoms with Gasteiger partial charge in [0, 0.05) is 11.8 Å². The Hall–Kier alpha value is -4.07. The molecule has 182 valence electrons. The fourth-order valence-electron chi connectivity index (χ4n) is 5.68. The lowest BCUT2D eigenvalue weighted by Gasteiger charge is -2.18. The summed E-state index contributed by atoms with van der Waals surface area (Å²) >= 11 is 0. The molecule has 0 spiro atoms. The van der Waals surface area contributed by atoms with Gasteiger partial charge in [-0.1, -0.05) is 24.3 Å². The summed E-state index contributed by atoms with van der Waals surface area (Å²) in [7, 11) is 1.77. The van der Waals surface area contributed by atoms with E-state index < -0.39 is 5.97 Å². The standard InChI is InChI=1S/C28H28N6O2/c1-15-11-18(27-31-33-34(3)32-27)12-16(2)26(15)21-6-4-5-20-19(21)8-9-24(20)30-25-10-7-17(14-29-25)22-13-23(22)28(35)36/h4-7,10-12,14,22-24H,8-9,13H2,1-3H3,(H,29,30)(H,35,36)/t22-,23+,24-/m1/s1. The highest BCUT2D eigenvalue weighted by Gasteiger charge is 2.44. The van der Waals surface area contributed by atoms with Gasteiger partial charge in [0.2, 0.25) is 5.82 Å². The van der Waals surface area contributed by atoms with Crippen LogP contribution in [0.4, 0.5) is 5.82 Å². The Morgan fingerprint density at radius 1 is 1.14 bits per heavy atom. The summed E-state index contributed by atoms with van der Waals surface area (Å²) in [6.45, 7) is 4.29. The molecule has 0 aliphatic heterocycles. The highest BCUT2D eigenvalue weighted by molar-refractivity contribution is 5.79. The SMILES string of the molecule is Cc1cc(-c2nnn(C)n2)cc(C)c1-c1cccc2c1CC[C@H]2Nc1ccc([C@H]2C[C@@H]2C(=O)O)cn1. The first-order chi connectivity index (χ1) is 17.4. The summed E-state index contributed by atoms with van der Waals surface area (Å²) in [5, 5.41) is 25.3. The minimum atomic E-state index is -0.717. The molecule has 3 atom stereocenters. The van der Waals surface area contributed by atoms with Crippen molar-refractivity contribution in [1.29, 1.82) is 0 Å². The van der Waals surface area contributed by atoms with E-state index in [9.17, 15) is 9.90 Å². The summed E-state index contributed by atoms with van der Waals surface area (Å²) in [5.41, 5.74) is 9.61. The molecule has 1 saturated carbocycles. The summed E-state index contributed by atoms with van der Waals surface area (Å²) in [6.07, 6.45) is 4.52. The van der Waals surface area contributed by atoms with Crippen LogP contribution in [0.1, 0.15) is 52.6 Å². The predicted octanol–water partition coefficient (Wildman–Crippen LogP) is 4.84. The van der Waals surface area contributed by atoms with E-state index >= 15 is 0 Å². The summed E-state index contributed by atoms with van der Waals surface area (Å²) in [6, 6.07) is 15.0. The highest BCUT2D eigenvalue weighted by Crippen LogP contribution is 2.47. The first-order valence-corrected chi connectivity index (χ1v) is 12.3. The third kappa shape index (κ3) is 3.92. The molecule has 6 rings (SSSR count). The van der Waals surface area contributed by atoms with E-state index in [1.807, 2.05) is 18.3 Å². The molecule has 0 unspecified atom stereocenters. The Bertz CT molecular complexity index is 1450. The number of carboxylic acid groups (broad SMARTS) is 1. The van der Waals surface area contributed by atoms with Crippen molar-refractivity contribution in [3.05, 3.63) is 76.5 Å². The zero-order chi connectivity index (χ0) is 25.0. The van der Waals surface area contributed by atoms with Crippen molar-refractivity contribution in [1.82, 2.24) is 25.2 Å². The van der Waals surface area contributed by atoms with Gasteiger partial charge >= 0.3 is 5.97 Å². The Labute approximate surface area is 209 Å². The van der Waals surface area contributed by atoms with Crippen LogP contribution in [-0.4, -0.2) is 36.3 Å². The summed E-state index contributed by atoms with van der Waals surface area (Å²) < 4.78 is 0. The van der Waals surface area contributed by atoms with Gasteiger partial charge in [-0.3, -0.25) is 4.79 Å². The zero-order valence-electron chi connectivity index (χ0n) is 20.6. The topological polar surface area (TPSA) is 106 Å². The van der Waals surface area contributed by atoms with E-state index in [1.165, 1.54) is 38.2 Å². The lowest BCUT2D eigenvalue weighted by Crippen LogP contribution is -2.08. The molecule has 0 saturated heterocycles. The fraction of sp³-hybridized carbons (Fsp3) is 0.321. The largest absolute Gasteiger partial charge is 0.481 e. The van der Waals surface area contributed by atoms with Crippen molar-refractivity contribution >= 4 is 11.8 Å². The molecule has 2 aliphatic rings. The Kier molecular flexibility index (Phi) is 5.32. The maximum Gasteiger partial charge on any atom is 0.307 e. The van der Waals surface area contributed by atoms with E-state index in [-0.39, 0.29) is 17.9 Å². The number of benzene rings is 2. The lowest BCUT2D eigenvalue weighted by atomic mass is 9.89. The van der Waals surface area contributed by atoms with Gasteiger partial charge < -0.3 is 10.4 Å². The molecular formula is C28H28N6O2. The maximum atomic E-state index is 11.2. The molecule has 2 aromatic carbocycles. The zero-order valence-corrected chi connectivity index (χ0v) is 20.6. The molecule has 8 heteroatoms. The van der Waals surface area contributed by atoms with E-state index in [1.54, 1.807) is 7.05 Å². The van der Waals surface area contributed by atoms with E-state index in [2.05, 4.69) is 69.9 Å². The number of aliphatic carboxylic acids is 1. The number of nitrogens with zero attached hydrogens (tertiary/aromatic N) is 5. The first kappa shape index (κ1) is 22.4. The molecule has 2 aliphatic carbocycles. The second kappa shape index (κ2) is 8.55. The number of hydrogen-bond donors (Lipinski definition) is 2. The maximum absolute atomic E-state index is 11.2. The van der Waals surface area contributed by atoms with Crippen LogP contribution in [-0.2, 0) is 18.3 Å². The van der Waals surface area contributed by atoms with Crippen molar-refractivity contribution in [3.63, 3.8) is 0 Å². The smallest absolute Gasteiger partial charge is 0.307 e. The van der Waals surface area contributed by atoms with Gasteiger partial charge in [0.1, 0.15) is 5.82 Å². The number of nitrogens with one attached hydrogen (secondary N) is 1. The van der Waals surface area contributed by atoms with Crippen molar-refractivity contribution in [3.8, 4) is 22.5 Å². The summed E-state index contributed by atoms with van der Waals surface area (Å²) in [4.78, 5) is 17.2. The van der Waals surface area contributed by atoms with Gasteiger partial charge in [-0.2, -0.15) is 4.80 Å². The Morgan fingerprint density at radius 3 is 2.58 bits per heavy atom. The van der Waals surface area contributed by atoms with Crippen LogP contribution in [0.5, 0.6) is 0 Å². The molecule has 2 N–H and O–H groups in total. The van der Waals surface area contributed by atoms with Gasteiger partial charge in [-0.25, -0.2) is 4.98 Å². The molecule has 2 aromatic heterocycles. The fourth-order valence-corrected chi connectivity index (χ4v) is 5.68. The molecule has 0 amide bonds. The number of aryl methyl sites for hydroxylation is 3. The van der Waals surface area contributed by atoms with Crippen molar-refractivity contribution in [2.24, 2.45) is 13.0 Å². The normalized spacial score (nSPS) is 20.2. The van der Waals surface area contributed by atoms with Crippen molar-refractivity contribution < 1.29 is 9.90 Å². The number of carbonyl (C=O) groups is 1. The molecule has 2 heterocycles. The van der Waals surface area contributed by atoms with Crippen LogP contribution >= 0.6 is 0 Å². The number of tetrazole rings is 1. The molecule has 1 fully saturated rings. The number of hydrogen-bond acceptors (Lipinski definition) is 6. The Balaban J connectivity index is 1.25. The van der Waals surface area contributed by atoms with Gasteiger partial charge in [0.05, 0.1) is 19.0 Å². The third-order valence-electron chi connectivity index (χ3n) is 7.48. The van der Waals surface area contributed by atoms with Crippen LogP contribution in [0.15, 0.2) is 48.7 Å². The second-order valence-corrected chi connectivity index (χ2v) is 9.96. The molecule has 8 nitrogen and oxygen atoms in total. The number of rotatable bonds is 6. The molecule has 0 bridgehead atoms. The van der Waals surface area contributed by atoms with Crippen LogP contribution in [0, 0.1) is 19.8 Å². The quantitative estimate of drug-likeness (QED) is 0.407. The second-order valence-electron chi connectivity index (χ2n) is 9.96.